The maximum Gasteiger partial charge on any atom is 0.191 e. The lowest BCUT2D eigenvalue weighted by atomic mass is 10.00. The molecule has 5 heteroatoms. The molecule has 142 valence electrons. The standard InChI is InChI=1S/C20H35N3O2/c1-5-21-20(22-11-6-7-12-25-14-13-24-4)23-16-18(3)19-10-8-9-17(2)15-19/h8-10,15,18H,5-7,11-14,16H2,1-4H3,(H2,21,22,23). The van der Waals surface area contributed by atoms with Gasteiger partial charge in [0.1, 0.15) is 0 Å². The molecule has 1 aromatic rings. The van der Waals surface area contributed by atoms with Gasteiger partial charge in [0, 0.05) is 39.3 Å². The van der Waals surface area contributed by atoms with Crippen molar-refractivity contribution < 1.29 is 9.47 Å². The van der Waals surface area contributed by atoms with Gasteiger partial charge in [-0.3, -0.25) is 4.99 Å². The van der Waals surface area contributed by atoms with Crippen LogP contribution in [0.4, 0.5) is 0 Å². The topological polar surface area (TPSA) is 54.9 Å². The van der Waals surface area contributed by atoms with Gasteiger partial charge < -0.3 is 20.1 Å². The molecule has 0 bridgehead atoms. The number of methoxy groups -OCH3 is 1. The number of guanidine groups is 1. The van der Waals surface area contributed by atoms with E-state index in [0.29, 0.717) is 19.1 Å². The maximum atomic E-state index is 5.47. The minimum absolute atomic E-state index is 0.407. The molecule has 1 rings (SSSR count). The zero-order valence-corrected chi connectivity index (χ0v) is 16.3. The van der Waals surface area contributed by atoms with Gasteiger partial charge in [0.25, 0.3) is 0 Å². The second-order valence-corrected chi connectivity index (χ2v) is 6.27. The summed E-state index contributed by atoms with van der Waals surface area (Å²) in [5.41, 5.74) is 2.64. The molecule has 25 heavy (non-hydrogen) atoms. The highest BCUT2D eigenvalue weighted by atomic mass is 16.5. The number of benzene rings is 1. The van der Waals surface area contributed by atoms with E-state index >= 15 is 0 Å². The third kappa shape index (κ3) is 10.1. The van der Waals surface area contributed by atoms with Crippen LogP contribution in [-0.2, 0) is 9.47 Å². The number of hydrogen-bond donors (Lipinski definition) is 2. The Morgan fingerprint density at radius 1 is 1.16 bits per heavy atom. The number of ether oxygens (including phenoxy) is 2. The Labute approximate surface area is 153 Å². The average Bonchev–Trinajstić information content (AvgIpc) is 2.61. The Hall–Kier alpha value is -1.59. The Balaban J connectivity index is 2.31. The van der Waals surface area contributed by atoms with Crippen molar-refractivity contribution >= 4 is 5.96 Å². The van der Waals surface area contributed by atoms with Crippen LogP contribution in [0.1, 0.15) is 43.7 Å². The van der Waals surface area contributed by atoms with Crippen molar-refractivity contribution in [2.45, 2.75) is 39.5 Å². The Kier molecular flexibility index (Phi) is 11.7. The van der Waals surface area contributed by atoms with Gasteiger partial charge >= 0.3 is 0 Å². The first kappa shape index (κ1) is 21.5. The number of rotatable bonds is 12. The molecule has 0 aliphatic heterocycles. The molecule has 1 unspecified atom stereocenters. The summed E-state index contributed by atoms with van der Waals surface area (Å²) in [4.78, 5) is 4.72. The number of hydrogen-bond acceptors (Lipinski definition) is 3. The highest BCUT2D eigenvalue weighted by molar-refractivity contribution is 5.79. The van der Waals surface area contributed by atoms with Crippen molar-refractivity contribution in [2.24, 2.45) is 4.99 Å². The minimum atomic E-state index is 0.407. The molecular weight excluding hydrogens is 314 g/mol. The molecule has 0 spiro atoms. The fourth-order valence-electron chi connectivity index (χ4n) is 2.43. The molecule has 0 saturated heterocycles. The average molecular weight is 350 g/mol. The van der Waals surface area contributed by atoms with Crippen LogP contribution in [0.3, 0.4) is 0 Å². The van der Waals surface area contributed by atoms with E-state index in [1.807, 2.05) is 0 Å². The molecule has 1 aromatic carbocycles. The summed E-state index contributed by atoms with van der Waals surface area (Å²) < 4.78 is 10.4. The molecule has 0 radical (unpaired) electrons. The van der Waals surface area contributed by atoms with Gasteiger partial charge in [-0.05, 0) is 32.3 Å². The molecular formula is C20H35N3O2. The molecule has 1 atom stereocenters. The number of nitrogens with zero attached hydrogens (tertiary/aromatic N) is 1. The van der Waals surface area contributed by atoms with Gasteiger partial charge in [-0.25, -0.2) is 0 Å². The van der Waals surface area contributed by atoms with E-state index in [1.165, 1.54) is 11.1 Å². The molecule has 0 fully saturated rings. The van der Waals surface area contributed by atoms with E-state index in [1.54, 1.807) is 7.11 Å². The first-order valence-electron chi connectivity index (χ1n) is 9.32. The predicted octanol–water partition coefficient (Wildman–Crippen LogP) is 3.10. The second kappa shape index (κ2) is 13.7. The molecule has 0 aromatic heterocycles. The lowest BCUT2D eigenvalue weighted by Gasteiger charge is -2.14. The molecule has 2 N–H and O–H groups in total. The molecule has 0 heterocycles. The van der Waals surface area contributed by atoms with Crippen molar-refractivity contribution in [1.29, 1.82) is 0 Å². The maximum absolute atomic E-state index is 5.47. The lowest BCUT2D eigenvalue weighted by molar-refractivity contribution is 0.0689. The van der Waals surface area contributed by atoms with Crippen LogP contribution in [-0.4, -0.2) is 52.5 Å². The quantitative estimate of drug-likeness (QED) is 0.346. The van der Waals surface area contributed by atoms with Crippen molar-refractivity contribution in [3.8, 4) is 0 Å². The number of unbranched alkanes of at least 4 members (excludes halogenated alkanes) is 1. The smallest absolute Gasteiger partial charge is 0.191 e. The van der Waals surface area contributed by atoms with Crippen LogP contribution in [0.2, 0.25) is 0 Å². The molecule has 5 nitrogen and oxygen atoms in total. The summed E-state index contributed by atoms with van der Waals surface area (Å²) >= 11 is 0. The predicted molar refractivity (Wildman–Crippen MR) is 106 cm³/mol. The fourth-order valence-corrected chi connectivity index (χ4v) is 2.43. The minimum Gasteiger partial charge on any atom is -0.382 e. The summed E-state index contributed by atoms with van der Waals surface area (Å²) in [6.07, 6.45) is 2.10. The number of nitrogens with one attached hydrogen (secondary N) is 2. The van der Waals surface area contributed by atoms with Crippen molar-refractivity contribution in [3.05, 3.63) is 35.4 Å². The molecule has 0 saturated carbocycles. The van der Waals surface area contributed by atoms with Gasteiger partial charge in [-0.1, -0.05) is 36.8 Å². The SMILES string of the molecule is CCNC(=NCC(C)c1cccc(C)c1)NCCCCOCCOC. The van der Waals surface area contributed by atoms with Crippen molar-refractivity contribution in [1.82, 2.24) is 10.6 Å². The molecule has 0 aliphatic carbocycles. The highest BCUT2D eigenvalue weighted by Gasteiger charge is 2.05. The van der Waals surface area contributed by atoms with Crippen LogP contribution >= 0.6 is 0 Å². The van der Waals surface area contributed by atoms with Gasteiger partial charge in [0.2, 0.25) is 0 Å². The largest absolute Gasteiger partial charge is 0.382 e. The number of aryl methyl sites for hydroxylation is 1. The monoisotopic (exact) mass is 349 g/mol. The summed E-state index contributed by atoms with van der Waals surface area (Å²) in [6, 6.07) is 8.66. The number of aliphatic imine (C=N–C) groups is 1. The summed E-state index contributed by atoms with van der Waals surface area (Å²) in [7, 11) is 1.69. The van der Waals surface area contributed by atoms with Crippen LogP contribution in [0, 0.1) is 6.92 Å². The van der Waals surface area contributed by atoms with Crippen LogP contribution in [0.5, 0.6) is 0 Å². The first-order valence-corrected chi connectivity index (χ1v) is 9.32. The third-order valence-corrected chi connectivity index (χ3v) is 3.92. The third-order valence-electron chi connectivity index (χ3n) is 3.92. The van der Waals surface area contributed by atoms with Gasteiger partial charge in [-0.15, -0.1) is 0 Å². The molecule has 0 amide bonds. The zero-order valence-electron chi connectivity index (χ0n) is 16.3. The Bertz CT molecular complexity index is 492. The van der Waals surface area contributed by atoms with Crippen LogP contribution < -0.4 is 10.6 Å². The van der Waals surface area contributed by atoms with Crippen LogP contribution in [0.15, 0.2) is 29.3 Å². The summed E-state index contributed by atoms with van der Waals surface area (Å²) in [5, 5.41) is 6.71. The highest BCUT2D eigenvalue weighted by Crippen LogP contribution is 2.16. The molecule has 0 aliphatic rings. The zero-order chi connectivity index (χ0) is 18.3. The van der Waals surface area contributed by atoms with E-state index < -0.39 is 0 Å². The lowest BCUT2D eigenvalue weighted by Crippen LogP contribution is -2.38. The van der Waals surface area contributed by atoms with Gasteiger partial charge in [-0.2, -0.15) is 0 Å². The Morgan fingerprint density at radius 2 is 2.00 bits per heavy atom. The first-order chi connectivity index (χ1) is 12.2. The fraction of sp³-hybridized carbons (Fsp3) is 0.650. The van der Waals surface area contributed by atoms with E-state index in [4.69, 9.17) is 14.5 Å². The van der Waals surface area contributed by atoms with E-state index in [2.05, 4.69) is 55.7 Å². The van der Waals surface area contributed by atoms with Crippen LogP contribution in [0.25, 0.3) is 0 Å². The second-order valence-electron chi connectivity index (χ2n) is 6.27. The summed E-state index contributed by atoms with van der Waals surface area (Å²) in [6.45, 7) is 11.1. The van der Waals surface area contributed by atoms with Crippen molar-refractivity contribution in [3.63, 3.8) is 0 Å². The van der Waals surface area contributed by atoms with E-state index in [9.17, 15) is 0 Å². The van der Waals surface area contributed by atoms with E-state index in [-0.39, 0.29) is 0 Å². The van der Waals surface area contributed by atoms with E-state index in [0.717, 1.165) is 45.0 Å². The summed E-state index contributed by atoms with van der Waals surface area (Å²) in [5.74, 6) is 1.30. The normalized spacial score (nSPS) is 12.9. The van der Waals surface area contributed by atoms with Gasteiger partial charge in [0.05, 0.1) is 13.2 Å². The Morgan fingerprint density at radius 3 is 2.72 bits per heavy atom. The van der Waals surface area contributed by atoms with Crippen molar-refractivity contribution in [2.75, 3.05) is 46.6 Å². The van der Waals surface area contributed by atoms with Gasteiger partial charge in [0.15, 0.2) is 5.96 Å².